The van der Waals surface area contributed by atoms with E-state index >= 15 is 0 Å². The second kappa shape index (κ2) is 5.85. The average molecular weight is 310 g/mol. The lowest BCUT2D eigenvalue weighted by Crippen LogP contribution is -2.57. The summed E-state index contributed by atoms with van der Waals surface area (Å²) in [7, 11) is 1.62. The summed E-state index contributed by atoms with van der Waals surface area (Å²) in [6, 6.07) is 12.2. The number of rotatable bonds is 3. The quantitative estimate of drug-likeness (QED) is 0.947. The highest BCUT2D eigenvalue weighted by Crippen LogP contribution is 2.29. The van der Waals surface area contributed by atoms with Gasteiger partial charge in [-0.05, 0) is 54.8 Å². The van der Waals surface area contributed by atoms with Crippen molar-refractivity contribution in [3.8, 4) is 5.75 Å². The monoisotopic (exact) mass is 310 g/mol. The molecule has 2 aromatic carbocycles. The molecule has 120 valence electrons. The number of carbonyl (C=O) groups excluding carboxylic acids is 1. The number of nitrogens with zero attached hydrogens (tertiary/aromatic N) is 1. The first-order chi connectivity index (χ1) is 11.2. The van der Waals surface area contributed by atoms with Gasteiger partial charge in [-0.25, -0.2) is 0 Å². The molecule has 3 saturated heterocycles. The molecule has 4 nitrogen and oxygen atoms in total. The fourth-order valence-electron chi connectivity index (χ4n) is 3.94. The molecule has 0 unspecified atom stereocenters. The zero-order valence-electron chi connectivity index (χ0n) is 13.4. The summed E-state index contributed by atoms with van der Waals surface area (Å²) in [4.78, 5) is 15.2. The Balaban J connectivity index is 1.61. The van der Waals surface area contributed by atoms with Crippen LogP contribution >= 0.6 is 0 Å². The Kier molecular flexibility index (Phi) is 3.69. The van der Waals surface area contributed by atoms with Crippen molar-refractivity contribution in [1.29, 1.82) is 0 Å². The molecule has 0 saturated carbocycles. The van der Waals surface area contributed by atoms with Crippen LogP contribution in [0.25, 0.3) is 10.8 Å². The minimum Gasteiger partial charge on any atom is -0.496 e. The van der Waals surface area contributed by atoms with Crippen molar-refractivity contribution in [2.24, 2.45) is 5.92 Å². The van der Waals surface area contributed by atoms with Gasteiger partial charge >= 0.3 is 0 Å². The number of fused-ring (bicyclic) bond motifs is 4. The summed E-state index contributed by atoms with van der Waals surface area (Å²) < 4.78 is 5.45. The number of hydrogen-bond donors (Lipinski definition) is 1. The smallest absolute Gasteiger partial charge is 0.255 e. The van der Waals surface area contributed by atoms with Crippen LogP contribution in [0.15, 0.2) is 36.4 Å². The molecule has 3 aliphatic heterocycles. The number of benzene rings is 2. The largest absolute Gasteiger partial charge is 0.496 e. The fourth-order valence-corrected chi connectivity index (χ4v) is 3.94. The number of methoxy groups -OCH3 is 1. The maximum Gasteiger partial charge on any atom is 0.255 e. The van der Waals surface area contributed by atoms with Gasteiger partial charge in [0.25, 0.3) is 5.91 Å². The standard InChI is InChI=1S/C19H22N2O2/c1-23-18-11-15-5-3-2-4-14(15)10-16(18)19(22)20-17-12-21-8-6-13(17)7-9-21/h2-5,10-11,13,17H,6-9,12H2,1H3,(H,20,22)/t17-/m1/s1. The van der Waals surface area contributed by atoms with Gasteiger partial charge < -0.3 is 15.0 Å². The van der Waals surface area contributed by atoms with Crippen LogP contribution in [0.1, 0.15) is 23.2 Å². The van der Waals surface area contributed by atoms with Gasteiger partial charge in [-0.3, -0.25) is 4.79 Å². The van der Waals surface area contributed by atoms with Crippen LogP contribution in [0.5, 0.6) is 5.75 Å². The van der Waals surface area contributed by atoms with Gasteiger partial charge in [0.15, 0.2) is 0 Å². The summed E-state index contributed by atoms with van der Waals surface area (Å²) in [5.41, 5.74) is 0.627. The minimum absolute atomic E-state index is 0.0219. The highest BCUT2D eigenvalue weighted by Gasteiger charge is 2.35. The van der Waals surface area contributed by atoms with Crippen LogP contribution < -0.4 is 10.1 Å². The van der Waals surface area contributed by atoms with E-state index in [9.17, 15) is 4.79 Å². The molecule has 4 heteroatoms. The maximum absolute atomic E-state index is 12.8. The summed E-state index contributed by atoms with van der Waals surface area (Å²) >= 11 is 0. The van der Waals surface area contributed by atoms with E-state index in [2.05, 4.69) is 10.2 Å². The number of nitrogens with one attached hydrogen (secondary N) is 1. The van der Waals surface area contributed by atoms with Crippen LogP contribution in [0.4, 0.5) is 0 Å². The Morgan fingerprint density at radius 2 is 1.87 bits per heavy atom. The summed E-state index contributed by atoms with van der Waals surface area (Å²) in [5.74, 6) is 1.24. The fraction of sp³-hybridized carbons (Fsp3) is 0.421. The molecular weight excluding hydrogens is 288 g/mol. The third kappa shape index (κ3) is 2.68. The van der Waals surface area contributed by atoms with Crippen molar-refractivity contribution in [2.45, 2.75) is 18.9 Å². The Hall–Kier alpha value is -2.07. The molecule has 5 rings (SSSR count). The average Bonchev–Trinajstić information content (AvgIpc) is 2.61. The van der Waals surface area contributed by atoms with E-state index in [1.54, 1.807) is 7.11 Å². The minimum atomic E-state index is -0.0219. The second-order valence-corrected chi connectivity index (χ2v) is 6.62. The van der Waals surface area contributed by atoms with Gasteiger partial charge in [-0.15, -0.1) is 0 Å². The number of carbonyl (C=O) groups is 1. The molecule has 3 fully saturated rings. The lowest BCUT2D eigenvalue weighted by atomic mass is 9.84. The lowest BCUT2D eigenvalue weighted by Gasteiger charge is -2.44. The molecule has 0 radical (unpaired) electrons. The Labute approximate surface area is 136 Å². The molecule has 23 heavy (non-hydrogen) atoms. The predicted molar refractivity (Wildman–Crippen MR) is 90.9 cm³/mol. The van der Waals surface area contributed by atoms with E-state index in [0.717, 1.165) is 17.3 Å². The van der Waals surface area contributed by atoms with Crippen molar-refractivity contribution in [1.82, 2.24) is 10.2 Å². The van der Waals surface area contributed by atoms with E-state index in [1.807, 2.05) is 36.4 Å². The van der Waals surface area contributed by atoms with Crippen molar-refractivity contribution in [3.05, 3.63) is 42.0 Å². The van der Waals surface area contributed by atoms with Crippen molar-refractivity contribution in [2.75, 3.05) is 26.7 Å². The zero-order valence-corrected chi connectivity index (χ0v) is 13.4. The zero-order chi connectivity index (χ0) is 15.8. The van der Waals surface area contributed by atoms with Gasteiger partial charge in [-0.2, -0.15) is 0 Å². The van der Waals surface area contributed by atoms with E-state index in [4.69, 9.17) is 4.74 Å². The summed E-state index contributed by atoms with van der Waals surface area (Å²) in [5, 5.41) is 5.39. The number of amides is 1. The summed E-state index contributed by atoms with van der Waals surface area (Å²) in [6.07, 6.45) is 2.39. The summed E-state index contributed by atoms with van der Waals surface area (Å²) in [6.45, 7) is 3.33. The lowest BCUT2D eigenvalue weighted by molar-refractivity contribution is 0.0619. The first-order valence-electron chi connectivity index (χ1n) is 8.34. The van der Waals surface area contributed by atoms with Crippen molar-refractivity contribution in [3.63, 3.8) is 0 Å². The van der Waals surface area contributed by atoms with Gasteiger partial charge in [0, 0.05) is 12.6 Å². The van der Waals surface area contributed by atoms with E-state index in [-0.39, 0.29) is 11.9 Å². The first-order valence-corrected chi connectivity index (χ1v) is 8.34. The van der Waals surface area contributed by atoms with Gasteiger partial charge in [0.05, 0.1) is 12.7 Å². The maximum atomic E-state index is 12.8. The predicted octanol–water partition coefficient (Wildman–Crippen LogP) is 2.67. The highest BCUT2D eigenvalue weighted by atomic mass is 16.5. The normalized spacial score (nSPS) is 26.2. The number of hydrogen-bond acceptors (Lipinski definition) is 3. The van der Waals surface area contributed by atoms with Crippen LogP contribution in [-0.2, 0) is 0 Å². The van der Waals surface area contributed by atoms with E-state index < -0.39 is 0 Å². The third-order valence-electron chi connectivity index (χ3n) is 5.29. The second-order valence-electron chi connectivity index (χ2n) is 6.62. The van der Waals surface area contributed by atoms with Gasteiger partial charge in [0.1, 0.15) is 5.75 Å². The SMILES string of the molecule is COc1cc2ccccc2cc1C(=O)N[C@@H]1CN2CCC1CC2. The van der Waals surface area contributed by atoms with Gasteiger partial charge in [0.2, 0.25) is 0 Å². The Bertz CT molecular complexity index is 735. The van der Waals surface area contributed by atoms with E-state index in [1.165, 1.54) is 25.9 Å². The molecule has 3 aliphatic rings. The van der Waals surface area contributed by atoms with Crippen LogP contribution in [0, 0.1) is 5.92 Å². The third-order valence-corrected chi connectivity index (χ3v) is 5.29. The molecule has 2 aromatic rings. The number of piperidine rings is 3. The Morgan fingerprint density at radius 1 is 1.17 bits per heavy atom. The molecule has 0 aliphatic carbocycles. The molecular formula is C19H22N2O2. The molecule has 0 spiro atoms. The molecule has 3 heterocycles. The molecule has 1 N–H and O–H groups in total. The van der Waals surface area contributed by atoms with Crippen molar-refractivity contribution < 1.29 is 9.53 Å². The highest BCUT2D eigenvalue weighted by molar-refractivity contribution is 6.01. The molecule has 1 amide bonds. The first kappa shape index (κ1) is 14.5. The van der Waals surface area contributed by atoms with Crippen LogP contribution in [0.3, 0.4) is 0 Å². The Morgan fingerprint density at radius 3 is 2.48 bits per heavy atom. The van der Waals surface area contributed by atoms with Crippen LogP contribution in [-0.4, -0.2) is 43.6 Å². The molecule has 1 atom stereocenters. The van der Waals surface area contributed by atoms with Gasteiger partial charge in [-0.1, -0.05) is 24.3 Å². The topological polar surface area (TPSA) is 41.6 Å². The molecule has 0 aromatic heterocycles. The molecule has 2 bridgehead atoms. The van der Waals surface area contributed by atoms with E-state index in [0.29, 0.717) is 17.2 Å². The van der Waals surface area contributed by atoms with Crippen molar-refractivity contribution >= 4 is 16.7 Å². The number of ether oxygens (including phenoxy) is 1. The van der Waals surface area contributed by atoms with Crippen LogP contribution in [0.2, 0.25) is 0 Å².